The second-order valence-electron chi connectivity index (χ2n) is 8.60. The fourth-order valence-corrected chi connectivity index (χ4v) is 3.05. The van der Waals surface area contributed by atoms with Crippen molar-refractivity contribution in [2.75, 3.05) is 6.54 Å². The van der Waals surface area contributed by atoms with Gasteiger partial charge in [0.1, 0.15) is 5.60 Å². The summed E-state index contributed by atoms with van der Waals surface area (Å²) < 4.78 is 11.6. The van der Waals surface area contributed by atoms with Gasteiger partial charge in [0.15, 0.2) is 0 Å². The monoisotopic (exact) mass is 329 g/mol. The van der Waals surface area contributed by atoms with E-state index in [-0.39, 0.29) is 17.2 Å². The molecule has 1 heterocycles. The Morgan fingerprint density at radius 1 is 1.14 bits per heavy atom. The van der Waals surface area contributed by atoms with E-state index in [1.807, 2.05) is 34.6 Å². The van der Waals surface area contributed by atoms with E-state index in [1.165, 1.54) is 0 Å². The summed E-state index contributed by atoms with van der Waals surface area (Å²) in [6.45, 7) is 16.1. The van der Waals surface area contributed by atoms with E-state index in [9.17, 15) is 9.90 Å². The lowest BCUT2D eigenvalue weighted by molar-refractivity contribution is -0.0130. The number of carbonyl (C=O) groups is 1. The van der Waals surface area contributed by atoms with E-state index in [4.69, 9.17) is 9.16 Å². The van der Waals surface area contributed by atoms with Crippen LogP contribution >= 0.6 is 0 Å². The van der Waals surface area contributed by atoms with Crippen molar-refractivity contribution in [3.63, 3.8) is 0 Å². The zero-order valence-corrected chi connectivity index (χ0v) is 16.2. The number of β-amino-alcohol motifs (C(OH)–C–C–N with tert-alkyl or cyclic N) is 1. The van der Waals surface area contributed by atoms with E-state index in [2.05, 4.69) is 20.8 Å². The summed E-state index contributed by atoms with van der Waals surface area (Å²) in [5.41, 5.74) is -1.08. The minimum absolute atomic E-state index is 0.0746. The Bertz CT molecular complexity index is 398. The number of hydrogen-bond donors (Lipinski definition) is 1. The summed E-state index contributed by atoms with van der Waals surface area (Å²) in [5.74, 6) is 0. The number of nitrogens with zero attached hydrogens (tertiary/aromatic N) is 1. The standard InChI is InChI=1S/C16H31NO4Si/c1-14(2,3)20-13(19)17-10-11(18)9-12(17)16(7,8)21-22-15(4,5)6/h11-12,18H,9-10H2,1-8H3/t11-,12+/m0/s1. The molecule has 0 aromatic heterocycles. The van der Waals surface area contributed by atoms with E-state index in [0.717, 1.165) is 0 Å². The second kappa shape index (κ2) is 6.49. The minimum atomic E-state index is -0.548. The average molecular weight is 330 g/mol. The number of amides is 1. The lowest BCUT2D eigenvalue weighted by Gasteiger charge is -2.39. The minimum Gasteiger partial charge on any atom is -0.444 e. The molecule has 22 heavy (non-hydrogen) atoms. The van der Waals surface area contributed by atoms with Gasteiger partial charge in [-0.3, -0.25) is 4.90 Å². The van der Waals surface area contributed by atoms with Crippen LogP contribution in [0.4, 0.5) is 4.79 Å². The molecule has 1 fully saturated rings. The van der Waals surface area contributed by atoms with Crippen LogP contribution in [-0.4, -0.2) is 55.8 Å². The molecule has 1 N–H and O–H groups in total. The summed E-state index contributed by atoms with van der Waals surface area (Å²) in [7, 11) is 0.324. The first-order valence-corrected chi connectivity index (χ1v) is 8.75. The maximum absolute atomic E-state index is 12.4. The Hall–Kier alpha value is -0.593. The first-order valence-electron chi connectivity index (χ1n) is 7.84. The highest BCUT2D eigenvalue weighted by Crippen LogP contribution is 2.33. The number of hydrogen-bond acceptors (Lipinski definition) is 4. The first kappa shape index (κ1) is 19.5. The predicted molar refractivity (Wildman–Crippen MR) is 88.0 cm³/mol. The fraction of sp³-hybridized carbons (Fsp3) is 0.938. The molecule has 1 aliphatic heterocycles. The van der Waals surface area contributed by atoms with Gasteiger partial charge in [-0.1, -0.05) is 20.8 Å². The number of rotatable bonds is 3. The first-order chi connectivity index (χ1) is 9.71. The predicted octanol–water partition coefficient (Wildman–Crippen LogP) is 2.99. The van der Waals surface area contributed by atoms with Gasteiger partial charge >= 0.3 is 6.09 Å². The summed E-state index contributed by atoms with van der Waals surface area (Å²) >= 11 is 0. The number of aliphatic hydroxyl groups is 1. The van der Waals surface area contributed by atoms with Crippen LogP contribution in [-0.2, 0) is 9.16 Å². The second-order valence-corrected chi connectivity index (χ2v) is 10.5. The molecule has 0 aliphatic carbocycles. The third-order valence-electron chi connectivity index (χ3n) is 3.33. The molecule has 0 saturated carbocycles. The van der Waals surface area contributed by atoms with E-state index >= 15 is 0 Å². The molecule has 0 spiro atoms. The van der Waals surface area contributed by atoms with Crippen molar-refractivity contribution >= 4 is 15.9 Å². The Labute approximate surface area is 137 Å². The molecule has 0 aromatic carbocycles. The molecule has 1 rings (SSSR count). The topological polar surface area (TPSA) is 59.0 Å². The normalized spacial score (nSPS) is 23.8. The molecule has 1 amide bonds. The fourth-order valence-electron chi connectivity index (χ4n) is 2.35. The molecule has 2 atom stereocenters. The number of likely N-dealkylation sites (tertiary alicyclic amines) is 1. The zero-order chi connectivity index (χ0) is 17.3. The highest BCUT2D eigenvalue weighted by Gasteiger charge is 2.45. The molecule has 128 valence electrons. The summed E-state index contributed by atoms with van der Waals surface area (Å²) in [6, 6.07) is -0.188. The Morgan fingerprint density at radius 2 is 1.68 bits per heavy atom. The molecule has 2 radical (unpaired) electrons. The third-order valence-corrected chi connectivity index (χ3v) is 4.57. The zero-order valence-electron chi connectivity index (χ0n) is 15.2. The van der Waals surface area contributed by atoms with Gasteiger partial charge in [-0.05, 0) is 46.1 Å². The highest BCUT2D eigenvalue weighted by atomic mass is 28.2. The van der Waals surface area contributed by atoms with E-state index in [0.29, 0.717) is 22.7 Å². The van der Waals surface area contributed by atoms with Crippen LogP contribution in [0.1, 0.15) is 61.8 Å². The molecule has 1 aliphatic rings. The largest absolute Gasteiger partial charge is 0.444 e. The lowest BCUT2D eigenvalue weighted by Crippen LogP contribution is -2.51. The van der Waals surface area contributed by atoms with Crippen LogP contribution in [0.3, 0.4) is 0 Å². The van der Waals surface area contributed by atoms with E-state index in [1.54, 1.807) is 4.90 Å². The quantitative estimate of drug-likeness (QED) is 0.809. The van der Waals surface area contributed by atoms with Crippen molar-refractivity contribution in [2.24, 2.45) is 0 Å². The van der Waals surface area contributed by atoms with Gasteiger partial charge in [0.05, 0.1) is 24.3 Å². The molecule has 5 nitrogen and oxygen atoms in total. The van der Waals surface area contributed by atoms with Crippen molar-refractivity contribution in [3.05, 3.63) is 0 Å². The van der Waals surface area contributed by atoms with Crippen molar-refractivity contribution in [3.8, 4) is 0 Å². The average Bonchev–Trinajstić information content (AvgIpc) is 2.67. The van der Waals surface area contributed by atoms with Crippen LogP contribution in [0.15, 0.2) is 0 Å². The summed E-state index contributed by atoms with van der Waals surface area (Å²) in [6.07, 6.45) is -0.399. The van der Waals surface area contributed by atoms with Crippen molar-refractivity contribution < 1.29 is 19.1 Å². The molecule has 1 saturated heterocycles. The molecular formula is C16H31NO4Si. The van der Waals surface area contributed by atoms with Gasteiger partial charge < -0.3 is 14.3 Å². The molecule has 0 aromatic rings. The smallest absolute Gasteiger partial charge is 0.410 e. The van der Waals surface area contributed by atoms with Crippen molar-refractivity contribution in [1.82, 2.24) is 4.90 Å². The third kappa shape index (κ3) is 5.89. The molecule has 0 unspecified atom stereocenters. The Kier molecular flexibility index (Phi) is 5.74. The van der Waals surface area contributed by atoms with Crippen molar-refractivity contribution in [2.45, 2.75) is 90.2 Å². The van der Waals surface area contributed by atoms with Gasteiger partial charge in [0.25, 0.3) is 0 Å². The molecule has 0 bridgehead atoms. The van der Waals surface area contributed by atoms with Crippen molar-refractivity contribution in [1.29, 1.82) is 0 Å². The SMILES string of the molecule is CC(C)(C)OC(=O)N1C[C@@H](O)C[C@@H]1C(C)(C)O[Si]C(C)(C)C. The van der Waals surface area contributed by atoms with Gasteiger partial charge in [0.2, 0.25) is 9.76 Å². The Balaban J connectivity index is 2.83. The number of aliphatic hydroxyl groups excluding tert-OH is 1. The van der Waals surface area contributed by atoms with Gasteiger partial charge in [-0.2, -0.15) is 0 Å². The number of ether oxygens (including phenoxy) is 1. The molecular weight excluding hydrogens is 298 g/mol. The lowest BCUT2D eigenvalue weighted by atomic mass is 9.96. The van der Waals surface area contributed by atoms with Gasteiger partial charge in [0, 0.05) is 0 Å². The Morgan fingerprint density at radius 3 is 2.14 bits per heavy atom. The van der Waals surface area contributed by atoms with Gasteiger partial charge in [-0.25, -0.2) is 4.79 Å². The van der Waals surface area contributed by atoms with Crippen LogP contribution in [0.2, 0.25) is 5.04 Å². The summed E-state index contributed by atoms with van der Waals surface area (Å²) in [5, 5.41) is 10.1. The van der Waals surface area contributed by atoms with Gasteiger partial charge in [-0.15, -0.1) is 0 Å². The maximum Gasteiger partial charge on any atom is 0.410 e. The van der Waals surface area contributed by atoms with Crippen LogP contribution < -0.4 is 0 Å². The highest BCUT2D eigenvalue weighted by molar-refractivity contribution is 6.31. The maximum atomic E-state index is 12.4. The number of carbonyl (C=O) groups excluding carboxylic acids is 1. The van der Waals surface area contributed by atoms with Crippen LogP contribution in [0.25, 0.3) is 0 Å². The van der Waals surface area contributed by atoms with Crippen LogP contribution in [0, 0.1) is 0 Å². The molecule has 6 heteroatoms. The van der Waals surface area contributed by atoms with Crippen LogP contribution in [0.5, 0.6) is 0 Å². The van der Waals surface area contributed by atoms with E-state index < -0.39 is 17.3 Å². The summed E-state index contributed by atoms with van der Waals surface area (Å²) in [4.78, 5) is 14.0.